The summed E-state index contributed by atoms with van der Waals surface area (Å²) >= 11 is 0. The van der Waals surface area contributed by atoms with E-state index in [1.165, 1.54) is 0 Å². The topological polar surface area (TPSA) is 84.4 Å². The number of rotatable bonds is 6. The van der Waals surface area contributed by atoms with E-state index in [0.717, 1.165) is 28.3 Å². The number of imidazole rings is 1. The molecule has 1 aliphatic heterocycles. The third kappa shape index (κ3) is 3.97. The maximum atomic E-state index is 6.12. The average Bonchev–Trinajstić information content (AvgIpc) is 3.46. The molecule has 0 spiro atoms. The first-order valence-corrected chi connectivity index (χ1v) is 10.5. The highest BCUT2D eigenvalue weighted by Crippen LogP contribution is 2.32. The van der Waals surface area contributed by atoms with Crippen LogP contribution < -0.4 is 9.47 Å². The SMILES string of the molecule is COc1ccc([C@@H]2Cn3cnc(-c4nc(-c5ccc(OC(C)C)cc5)no4)c3CO2)cc1. The first kappa shape index (κ1) is 20.3. The molecule has 0 unspecified atom stereocenters. The maximum Gasteiger partial charge on any atom is 0.278 e. The van der Waals surface area contributed by atoms with Crippen molar-refractivity contribution in [3.8, 4) is 34.5 Å². The van der Waals surface area contributed by atoms with E-state index < -0.39 is 0 Å². The Morgan fingerprint density at radius 2 is 1.78 bits per heavy atom. The van der Waals surface area contributed by atoms with Gasteiger partial charge in [0.05, 0.1) is 38.4 Å². The Morgan fingerprint density at radius 3 is 2.50 bits per heavy atom. The molecule has 0 saturated carbocycles. The highest BCUT2D eigenvalue weighted by atomic mass is 16.5. The molecular formula is C24H24N4O4. The zero-order chi connectivity index (χ0) is 22.1. The van der Waals surface area contributed by atoms with Crippen LogP contribution in [-0.4, -0.2) is 32.9 Å². The van der Waals surface area contributed by atoms with Gasteiger partial charge >= 0.3 is 0 Å². The average molecular weight is 432 g/mol. The highest BCUT2D eigenvalue weighted by molar-refractivity contribution is 5.59. The molecule has 0 fully saturated rings. The molecule has 0 radical (unpaired) electrons. The second kappa shape index (κ2) is 8.47. The maximum absolute atomic E-state index is 6.12. The standard InChI is InChI=1S/C24H24N4O4/c1-15(2)31-19-10-6-17(7-11-19)23-26-24(32-27-23)22-20-13-30-21(12-28(20)14-25-22)16-4-8-18(29-3)9-5-16/h4-11,14-15,21H,12-13H2,1-3H3/t21-/m0/s1. The van der Waals surface area contributed by atoms with Crippen LogP contribution in [-0.2, 0) is 17.9 Å². The highest BCUT2D eigenvalue weighted by Gasteiger charge is 2.26. The van der Waals surface area contributed by atoms with Crippen LogP contribution in [0.15, 0.2) is 59.4 Å². The van der Waals surface area contributed by atoms with Gasteiger partial charge in [-0.3, -0.25) is 0 Å². The Kier molecular flexibility index (Phi) is 5.36. The second-order valence-electron chi connectivity index (χ2n) is 7.88. The van der Waals surface area contributed by atoms with Crippen molar-refractivity contribution in [1.29, 1.82) is 0 Å². The van der Waals surface area contributed by atoms with Gasteiger partial charge in [0.25, 0.3) is 5.89 Å². The Hall–Kier alpha value is -3.65. The van der Waals surface area contributed by atoms with Gasteiger partial charge in [0.15, 0.2) is 5.69 Å². The molecule has 164 valence electrons. The summed E-state index contributed by atoms with van der Waals surface area (Å²) < 4.78 is 24.6. The second-order valence-corrected chi connectivity index (χ2v) is 7.88. The van der Waals surface area contributed by atoms with E-state index in [-0.39, 0.29) is 12.2 Å². The smallest absolute Gasteiger partial charge is 0.278 e. The van der Waals surface area contributed by atoms with Crippen molar-refractivity contribution < 1.29 is 18.7 Å². The van der Waals surface area contributed by atoms with Crippen molar-refractivity contribution in [2.45, 2.75) is 39.2 Å². The fourth-order valence-corrected chi connectivity index (χ4v) is 3.72. The van der Waals surface area contributed by atoms with E-state index in [9.17, 15) is 0 Å². The van der Waals surface area contributed by atoms with Gasteiger partial charge in [0.1, 0.15) is 17.6 Å². The van der Waals surface area contributed by atoms with Gasteiger partial charge in [0.2, 0.25) is 5.82 Å². The fraction of sp³-hybridized carbons (Fsp3) is 0.292. The molecule has 5 rings (SSSR count). The third-order valence-electron chi connectivity index (χ3n) is 5.33. The van der Waals surface area contributed by atoms with Crippen LogP contribution in [0, 0.1) is 0 Å². The van der Waals surface area contributed by atoms with Crippen LogP contribution >= 0.6 is 0 Å². The molecule has 0 aliphatic carbocycles. The van der Waals surface area contributed by atoms with Gasteiger partial charge in [-0.2, -0.15) is 4.98 Å². The lowest BCUT2D eigenvalue weighted by Crippen LogP contribution is -2.20. The number of fused-ring (bicyclic) bond motifs is 1. The molecule has 32 heavy (non-hydrogen) atoms. The van der Waals surface area contributed by atoms with Crippen molar-refractivity contribution in [2.24, 2.45) is 0 Å². The summed E-state index contributed by atoms with van der Waals surface area (Å²) in [6, 6.07) is 15.6. The zero-order valence-electron chi connectivity index (χ0n) is 18.2. The number of methoxy groups -OCH3 is 1. The Labute approximate surface area is 185 Å². The fourth-order valence-electron chi connectivity index (χ4n) is 3.72. The first-order valence-electron chi connectivity index (χ1n) is 10.5. The van der Waals surface area contributed by atoms with Gasteiger partial charge < -0.3 is 23.3 Å². The molecule has 3 heterocycles. The van der Waals surface area contributed by atoms with Crippen molar-refractivity contribution >= 4 is 0 Å². The quantitative estimate of drug-likeness (QED) is 0.438. The number of ether oxygens (including phenoxy) is 3. The minimum atomic E-state index is -0.0553. The van der Waals surface area contributed by atoms with E-state index in [4.69, 9.17) is 18.7 Å². The van der Waals surface area contributed by atoms with E-state index in [0.29, 0.717) is 30.6 Å². The summed E-state index contributed by atoms with van der Waals surface area (Å²) in [7, 11) is 1.66. The number of benzene rings is 2. The van der Waals surface area contributed by atoms with Gasteiger partial charge in [-0.25, -0.2) is 4.98 Å². The van der Waals surface area contributed by atoms with Crippen LogP contribution in [0.2, 0.25) is 0 Å². The molecule has 0 amide bonds. The minimum Gasteiger partial charge on any atom is -0.497 e. The van der Waals surface area contributed by atoms with E-state index in [1.807, 2.05) is 62.4 Å². The van der Waals surface area contributed by atoms with Crippen molar-refractivity contribution in [3.63, 3.8) is 0 Å². The number of aromatic nitrogens is 4. The molecule has 0 N–H and O–H groups in total. The minimum absolute atomic E-state index is 0.0553. The van der Waals surface area contributed by atoms with Crippen molar-refractivity contribution in [1.82, 2.24) is 19.7 Å². The van der Waals surface area contributed by atoms with E-state index in [2.05, 4.69) is 19.7 Å². The molecule has 8 heteroatoms. The van der Waals surface area contributed by atoms with Gasteiger partial charge in [-0.15, -0.1) is 0 Å². The summed E-state index contributed by atoms with van der Waals surface area (Å²) in [4.78, 5) is 9.08. The predicted octanol–water partition coefficient (Wildman–Crippen LogP) is 4.67. The van der Waals surface area contributed by atoms with Crippen LogP contribution in [0.1, 0.15) is 31.2 Å². The Bertz CT molecular complexity index is 1200. The van der Waals surface area contributed by atoms with Crippen LogP contribution in [0.3, 0.4) is 0 Å². The molecule has 0 bridgehead atoms. The van der Waals surface area contributed by atoms with E-state index >= 15 is 0 Å². The van der Waals surface area contributed by atoms with Crippen molar-refractivity contribution in [2.75, 3.05) is 7.11 Å². The zero-order valence-corrected chi connectivity index (χ0v) is 18.2. The molecule has 2 aromatic carbocycles. The summed E-state index contributed by atoms with van der Waals surface area (Å²) in [5.74, 6) is 2.51. The third-order valence-corrected chi connectivity index (χ3v) is 5.33. The van der Waals surface area contributed by atoms with Crippen LogP contribution in [0.5, 0.6) is 11.5 Å². The molecular weight excluding hydrogens is 408 g/mol. The lowest BCUT2D eigenvalue weighted by Gasteiger charge is -2.25. The Morgan fingerprint density at radius 1 is 1.03 bits per heavy atom. The molecule has 4 aromatic rings. The summed E-state index contributed by atoms with van der Waals surface area (Å²) in [6.07, 6.45) is 1.86. The number of nitrogens with zero attached hydrogens (tertiary/aromatic N) is 4. The Balaban J connectivity index is 1.33. The lowest BCUT2D eigenvalue weighted by atomic mass is 10.1. The largest absolute Gasteiger partial charge is 0.497 e. The van der Waals surface area contributed by atoms with Gasteiger partial charge in [-0.1, -0.05) is 17.3 Å². The van der Waals surface area contributed by atoms with Gasteiger partial charge in [0, 0.05) is 5.56 Å². The molecule has 0 saturated heterocycles. The number of hydrogen-bond acceptors (Lipinski definition) is 7. The summed E-state index contributed by atoms with van der Waals surface area (Å²) in [6.45, 7) is 5.06. The molecule has 8 nitrogen and oxygen atoms in total. The summed E-state index contributed by atoms with van der Waals surface area (Å²) in [5.41, 5.74) is 3.51. The van der Waals surface area contributed by atoms with Crippen LogP contribution in [0.25, 0.3) is 23.0 Å². The number of hydrogen-bond donors (Lipinski definition) is 0. The first-order chi connectivity index (χ1) is 15.6. The van der Waals surface area contributed by atoms with Gasteiger partial charge in [-0.05, 0) is 55.8 Å². The van der Waals surface area contributed by atoms with Crippen molar-refractivity contribution in [3.05, 3.63) is 66.1 Å². The molecule has 2 aromatic heterocycles. The lowest BCUT2D eigenvalue weighted by molar-refractivity contribution is 0.00328. The van der Waals surface area contributed by atoms with E-state index in [1.54, 1.807) is 13.4 Å². The summed E-state index contributed by atoms with van der Waals surface area (Å²) in [5, 5.41) is 4.13. The van der Waals surface area contributed by atoms with Crippen LogP contribution in [0.4, 0.5) is 0 Å². The monoisotopic (exact) mass is 432 g/mol. The normalized spacial score (nSPS) is 15.6. The predicted molar refractivity (Wildman–Crippen MR) is 117 cm³/mol. The molecule has 1 atom stereocenters. The molecule has 1 aliphatic rings.